The van der Waals surface area contributed by atoms with Gasteiger partial charge in [-0.15, -0.1) is 11.3 Å². The number of amides is 1. The number of hydrogen-bond acceptors (Lipinski definition) is 5. The monoisotopic (exact) mass is 399 g/mol. The fraction of sp³-hybridized carbons (Fsp3) is 0.722. The Kier molecular flexibility index (Phi) is 6.71. The van der Waals surface area contributed by atoms with E-state index in [-0.39, 0.29) is 22.9 Å². The Hall–Kier alpha value is -0.960. The molecule has 1 aromatic heterocycles. The fourth-order valence-corrected chi connectivity index (χ4v) is 6.58. The number of likely N-dealkylation sites (tertiary alicyclic amines) is 1. The number of nitrogens with zero attached hydrogens (tertiary/aromatic N) is 1. The van der Waals surface area contributed by atoms with Crippen molar-refractivity contribution in [1.82, 2.24) is 14.9 Å². The van der Waals surface area contributed by atoms with Crippen LogP contribution in [0.15, 0.2) is 16.3 Å². The van der Waals surface area contributed by atoms with Gasteiger partial charge in [0.25, 0.3) is 5.91 Å². The number of thiophene rings is 1. The van der Waals surface area contributed by atoms with Gasteiger partial charge in [0.2, 0.25) is 10.0 Å². The second kappa shape index (κ2) is 8.82. The first kappa shape index (κ1) is 19.8. The summed E-state index contributed by atoms with van der Waals surface area (Å²) < 4.78 is 28.7. The van der Waals surface area contributed by atoms with Crippen LogP contribution in [0.5, 0.6) is 0 Å². The predicted octanol–water partition coefficient (Wildman–Crippen LogP) is 2.57. The lowest BCUT2D eigenvalue weighted by atomic mass is 10.1. The summed E-state index contributed by atoms with van der Waals surface area (Å²) in [5.74, 6) is -0.166. The van der Waals surface area contributed by atoms with E-state index in [9.17, 15) is 13.2 Å². The second-order valence-electron chi connectivity index (χ2n) is 7.30. The maximum Gasteiger partial charge on any atom is 0.265 e. The van der Waals surface area contributed by atoms with E-state index >= 15 is 0 Å². The molecule has 1 aliphatic heterocycles. The molecule has 2 N–H and O–H groups in total. The minimum absolute atomic E-state index is 0.0194. The molecule has 2 heterocycles. The maximum absolute atomic E-state index is 13.0. The zero-order chi connectivity index (χ0) is 18.6. The zero-order valence-electron chi connectivity index (χ0n) is 15.4. The third-order valence-electron chi connectivity index (χ3n) is 5.41. The van der Waals surface area contributed by atoms with E-state index in [4.69, 9.17) is 0 Å². The maximum atomic E-state index is 13.0. The molecule has 1 unspecified atom stereocenters. The molecule has 0 radical (unpaired) electrons. The molecule has 3 rings (SSSR count). The van der Waals surface area contributed by atoms with Crippen LogP contribution in [0.1, 0.15) is 61.0 Å². The van der Waals surface area contributed by atoms with Gasteiger partial charge in [0.05, 0.1) is 0 Å². The van der Waals surface area contributed by atoms with Crippen LogP contribution >= 0.6 is 11.3 Å². The van der Waals surface area contributed by atoms with Crippen molar-refractivity contribution < 1.29 is 13.2 Å². The summed E-state index contributed by atoms with van der Waals surface area (Å²) in [6, 6.07) is 1.82. The Morgan fingerprint density at radius 2 is 1.81 bits per heavy atom. The number of piperidine rings is 1. The molecule has 1 aliphatic carbocycles. The Morgan fingerprint density at radius 3 is 2.50 bits per heavy atom. The minimum Gasteiger partial charge on any atom is -0.336 e. The average molecular weight is 400 g/mol. The lowest BCUT2D eigenvalue weighted by Crippen LogP contribution is -2.47. The average Bonchev–Trinajstić information content (AvgIpc) is 3.02. The SMILES string of the molecule is CNC1CCCN(C(=O)c2sccc2S(=O)(=O)NC2CCCCCC2)C1. The van der Waals surface area contributed by atoms with Gasteiger partial charge in [-0.3, -0.25) is 4.79 Å². The largest absolute Gasteiger partial charge is 0.336 e. The molecule has 6 nitrogen and oxygen atoms in total. The Morgan fingerprint density at radius 1 is 1.12 bits per heavy atom. The molecule has 1 amide bonds. The summed E-state index contributed by atoms with van der Waals surface area (Å²) in [6.07, 6.45) is 8.18. The summed E-state index contributed by atoms with van der Waals surface area (Å²) in [4.78, 5) is 15.2. The summed E-state index contributed by atoms with van der Waals surface area (Å²) in [7, 11) is -1.77. The van der Waals surface area contributed by atoms with Crippen molar-refractivity contribution in [2.45, 2.75) is 68.3 Å². The normalized spacial score (nSPS) is 23.0. The molecule has 1 saturated heterocycles. The summed E-state index contributed by atoms with van der Waals surface area (Å²) in [6.45, 7) is 1.31. The van der Waals surface area contributed by atoms with Gasteiger partial charge in [-0.25, -0.2) is 13.1 Å². The van der Waals surface area contributed by atoms with Crippen molar-refractivity contribution in [2.75, 3.05) is 20.1 Å². The van der Waals surface area contributed by atoms with Crippen LogP contribution in [0.3, 0.4) is 0 Å². The highest BCUT2D eigenvalue weighted by atomic mass is 32.2. The number of carbonyl (C=O) groups is 1. The topological polar surface area (TPSA) is 78.5 Å². The molecular weight excluding hydrogens is 370 g/mol. The van der Waals surface area contributed by atoms with Gasteiger partial charge in [0.15, 0.2) is 0 Å². The van der Waals surface area contributed by atoms with Gasteiger partial charge < -0.3 is 10.2 Å². The molecule has 146 valence electrons. The highest BCUT2D eigenvalue weighted by Gasteiger charge is 2.31. The van der Waals surface area contributed by atoms with Crippen molar-refractivity contribution in [2.24, 2.45) is 0 Å². The highest BCUT2D eigenvalue weighted by molar-refractivity contribution is 7.89. The quantitative estimate of drug-likeness (QED) is 0.746. The van der Waals surface area contributed by atoms with E-state index in [1.54, 1.807) is 16.3 Å². The number of rotatable bonds is 5. The summed E-state index contributed by atoms with van der Waals surface area (Å²) >= 11 is 1.22. The van der Waals surface area contributed by atoms with Crippen molar-refractivity contribution in [3.63, 3.8) is 0 Å². The number of likely N-dealkylation sites (N-methyl/N-ethyl adjacent to an activating group) is 1. The van der Waals surface area contributed by atoms with Crippen molar-refractivity contribution >= 4 is 27.3 Å². The molecule has 26 heavy (non-hydrogen) atoms. The van der Waals surface area contributed by atoms with Gasteiger partial charge in [-0.1, -0.05) is 25.7 Å². The predicted molar refractivity (Wildman–Crippen MR) is 104 cm³/mol. The Labute approximate surface area is 160 Å². The number of carbonyl (C=O) groups excluding carboxylic acids is 1. The number of nitrogens with one attached hydrogen (secondary N) is 2. The number of sulfonamides is 1. The van der Waals surface area contributed by atoms with Crippen molar-refractivity contribution in [3.8, 4) is 0 Å². The van der Waals surface area contributed by atoms with Crippen LogP contribution < -0.4 is 10.0 Å². The molecule has 8 heteroatoms. The third kappa shape index (κ3) is 4.65. The standard InChI is InChI=1S/C18H29N3O3S2/c1-19-15-9-6-11-21(13-15)18(22)17-16(10-12-25-17)26(23,24)20-14-7-4-2-3-5-8-14/h10,12,14-15,19-20H,2-9,11,13H2,1H3. The van der Waals surface area contributed by atoms with E-state index in [2.05, 4.69) is 10.0 Å². The number of hydrogen-bond donors (Lipinski definition) is 2. The van der Waals surface area contributed by atoms with E-state index in [1.165, 1.54) is 24.2 Å². The van der Waals surface area contributed by atoms with Crippen LogP contribution in [0.2, 0.25) is 0 Å². The molecule has 2 aliphatic rings. The van der Waals surface area contributed by atoms with E-state index < -0.39 is 10.0 Å². The molecule has 0 spiro atoms. The first-order valence-electron chi connectivity index (χ1n) is 9.57. The smallest absolute Gasteiger partial charge is 0.265 e. The van der Waals surface area contributed by atoms with E-state index in [0.717, 1.165) is 38.5 Å². The molecule has 1 aromatic rings. The third-order valence-corrected chi connectivity index (χ3v) is 8.00. The van der Waals surface area contributed by atoms with E-state index in [1.807, 2.05) is 7.05 Å². The van der Waals surface area contributed by atoms with Gasteiger partial charge >= 0.3 is 0 Å². The van der Waals surface area contributed by atoms with Crippen LogP contribution in [-0.4, -0.2) is 51.4 Å². The Balaban J connectivity index is 1.75. The van der Waals surface area contributed by atoms with E-state index in [0.29, 0.717) is 18.0 Å². The zero-order valence-corrected chi connectivity index (χ0v) is 17.0. The van der Waals surface area contributed by atoms with Crippen LogP contribution in [0, 0.1) is 0 Å². The van der Waals surface area contributed by atoms with Gasteiger partial charge in [-0.2, -0.15) is 0 Å². The molecular formula is C18H29N3O3S2. The summed E-state index contributed by atoms with van der Waals surface area (Å²) in [5.41, 5.74) is 0. The molecule has 2 fully saturated rings. The van der Waals surface area contributed by atoms with Gasteiger partial charge in [0.1, 0.15) is 9.77 Å². The minimum atomic E-state index is -3.67. The molecule has 0 aromatic carbocycles. The second-order valence-corrected chi connectivity index (χ2v) is 9.90. The highest BCUT2D eigenvalue weighted by Crippen LogP contribution is 2.27. The lowest BCUT2D eigenvalue weighted by Gasteiger charge is -2.32. The van der Waals surface area contributed by atoms with Crippen molar-refractivity contribution in [1.29, 1.82) is 0 Å². The fourth-order valence-electron chi connectivity index (χ4n) is 3.89. The van der Waals surface area contributed by atoms with Crippen LogP contribution in [0.25, 0.3) is 0 Å². The van der Waals surface area contributed by atoms with Crippen molar-refractivity contribution in [3.05, 3.63) is 16.3 Å². The summed E-state index contributed by atoms with van der Waals surface area (Å²) in [5, 5.41) is 4.92. The lowest BCUT2D eigenvalue weighted by molar-refractivity contribution is 0.0699. The van der Waals surface area contributed by atoms with Crippen LogP contribution in [-0.2, 0) is 10.0 Å². The molecule has 0 bridgehead atoms. The first-order chi connectivity index (χ1) is 12.5. The molecule has 1 saturated carbocycles. The molecule has 1 atom stereocenters. The van der Waals surface area contributed by atoms with Gasteiger partial charge in [-0.05, 0) is 44.2 Å². The van der Waals surface area contributed by atoms with Gasteiger partial charge in [0, 0.05) is 25.2 Å². The Bertz CT molecular complexity index is 709. The van der Waals surface area contributed by atoms with Crippen LogP contribution in [0.4, 0.5) is 0 Å². The first-order valence-corrected chi connectivity index (χ1v) is 11.9.